The number of nitrogens with zero attached hydrogens (tertiary/aromatic N) is 3. The minimum absolute atomic E-state index is 0.746. The summed E-state index contributed by atoms with van der Waals surface area (Å²) in [6.45, 7) is 2.74. The van der Waals surface area contributed by atoms with Crippen LogP contribution in [0.3, 0.4) is 0 Å². The number of fused-ring (bicyclic) bond motifs is 1. The molecule has 3 rings (SSSR count). The quantitative estimate of drug-likeness (QED) is 0.738. The Bertz CT molecular complexity index is 754. The Morgan fingerprint density at radius 2 is 2.11 bits per heavy atom. The van der Waals surface area contributed by atoms with Crippen LogP contribution in [0.25, 0.3) is 10.9 Å². The van der Waals surface area contributed by atoms with Gasteiger partial charge in [-0.15, -0.1) is 0 Å². The predicted octanol–water partition coefficient (Wildman–Crippen LogP) is 3.08. The molecule has 3 aromatic rings. The Kier molecular flexibility index (Phi) is 2.86. The molecule has 0 aliphatic rings. The van der Waals surface area contributed by atoms with Crippen molar-refractivity contribution in [3.05, 3.63) is 46.3 Å². The highest BCUT2D eigenvalue weighted by molar-refractivity contribution is 9.10. The van der Waals surface area contributed by atoms with Crippen LogP contribution < -0.4 is 5.73 Å². The summed E-state index contributed by atoms with van der Waals surface area (Å²) in [6, 6.07) is 8.07. The van der Waals surface area contributed by atoms with Crippen LogP contribution in [0.2, 0.25) is 0 Å². The zero-order valence-electron chi connectivity index (χ0n) is 10.9. The van der Waals surface area contributed by atoms with Crippen LogP contribution in [0, 0.1) is 6.92 Å². The first-order valence-electron chi connectivity index (χ1n) is 6.09. The third kappa shape index (κ3) is 1.94. The molecule has 0 unspecified atom stereocenters. The van der Waals surface area contributed by atoms with Crippen LogP contribution >= 0.6 is 15.9 Å². The minimum atomic E-state index is 0.746. The molecule has 0 amide bonds. The number of halogens is 1. The highest BCUT2D eigenvalue weighted by Crippen LogP contribution is 2.26. The first-order valence-corrected chi connectivity index (χ1v) is 6.88. The third-order valence-corrected chi connectivity index (χ3v) is 4.43. The highest BCUT2D eigenvalue weighted by atomic mass is 79.9. The second kappa shape index (κ2) is 4.42. The maximum absolute atomic E-state index is 6.08. The molecule has 4 nitrogen and oxygen atoms in total. The number of aromatic nitrogens is 3. The minimum Gasteiger partial charge on any atom is -0.397 e. The van der Waals surface area contributed by atoms with Gasteiger partial charge in [-0.3, -0.25) is 4.68 Å². The zero-order chi connectivity index (χ0) is 13.6. The molecule has 0 aliphatic heterocycles. The number of aryl methyl sites for hydroxylation is 2. The molecule has 2 N–H and O–H groups in total. The van der Waals surface area contributed by atoms with Gasteiger partial charge in [-0.2, -0.15) is 5.10 Å². The standard InChI is InChI=1S/C14H15BrN4/c1-9-13(15)12(18(2)17-9)8-19-7-6-10-4-3-5-11(16)14(10)19/h3-7H,8,16H2,1-2H3. The number of benzene rings is 1. The van der Waals surface area contributed by atoms with Crippen molar-refractivity contribution in [2.24, 2.45) is 7.05 Å². The van der Waals surface area contributed by atoms with Gasteiger partial charge in [0, 0.05) is 18.6 Å². The van der Waals surface area contributed by atoms with E-state index in [1.807, 2.05) is 30.8 Å². The molecule has 1 aromatic carbocycles. The summed E-state index contributed by atoms with van der Waals surface area (Å²) in [5.41, 5.74) is 10.1. The van der Waals surface area contributed by atoms with E-state index in [4.69, 9.17) is 5.73 Å². The Morgan fingerprint density at radius 3 is 2.79 bits per heavy atom. The predicted molar refractivity (Wildman–Crippen MR) is 81.1 cm³/mol. The molecular formula is C14H15BrN4. The van der Waals surface area contributed by atoms with Gasteiger partial charge in [-0.1, -0.05) is 12.1 Å². The van der Waals surface area contributed by atoms with Gasteiger partial charge in [-0.25, -0.2) is 0 Å². The van der Waals surface area contributed by atoms with Gasteiger partial charge in [0.2, 0.25) is 0 Å². The summed E-state index contributed by atoms with van der Waals surface area (Å²) in [5.74, 6) is 0. The second-order valence-corrected chi connectivity index (χ2v) is 5.49. The van der Waals surface area contributed by atoms with Crippen molar-refractivity contribution in [1.29, 1.82) is 0 Å². The van der Waals surface area contributed by atoms with E-state index in [0.717, 1.165) is 39.0 Å². The van der Waals surface area contributed by atoms with Gasteiger partial charge in [0.15, 0.2) is 0 Å². The van der Waals surface area contributed by atoms with Crippen molar-refractivity contribution in [3.63, 3.8) is 0 Å². The highest BCUT2D eigenvalue weighted by Gasteiger charge is 2.12. The second-order valence-electron chi connectivity index (χ2n) is 4.70. The maximum Gasteiger partial charge on any atom is 0.0739 e. The van der Waals surface area contributed by atoms with E-state index in [1.54, 1.807) is 0 Å². The topological polar surface area (TPSA) is 48.8 Å². The van der Waals surface area contributed by atoms with Gasteiger partial charge >= 0.3 is 0 Å². The number of para-hydroxylation sites is 1. The Labute approximate surface area is 119 Å². The van der Waals surface area contributed by atoms with Crippen molar-refractivity contribution in [2.75, 3.05) is 5.73 Å². The Balaban J connectivity index is 2.11. The largest absolute Gasteiger partial charge is 0.397 e. The SMILES string of the molecule is Cc1nn(C)c(Cn2ccc3cccc(N)c32)c1Br. The molecule has 19 heavy (non-hydrogen) atoms. The molecule has 0 bridgehead atoms. The van der Waals surface area contributed by atoms with E-state index in [1.165, 1.54) is 0 Å². The normalized spacial score (nSPS) is 11.3. The molecule has 98 valence electrons. The van der Waals surface area contributed by atoms with Gasteiger partial charge < -0.3 is 10.3 Å². The number of hydrogen-bond acceptors (Lipinski definition) is 2. The third-order valence-electron chi connectivity index (χ3n) is 3.40. The molecule has 0 fully saturated rings. The number of anilines is 1. The summed E-state index contributed by atoms with van der Waals surface area (Å²) in [4.78, 5) is 0. The summed E-state index contributed by atoms with van der Waals surface area (Å²) in [6.07, 6.45) is 2.07. The van der Waals surface area contributed by atoms with E-state index in [2.05, 4.69) is 43.9 Å². The van der Waals surface area contributed by atoms with Crippen LogP contribution in [0.5, 0.6) is 0 Å². The molecule has 0 saturated heterocycles. The number of hydrogen-bond donors (Lipinski definition) is 1. The lowest BCUT2D eigenvalue weighted by atomic mass is 10.2. The van der Waals surface area contributed by atoms with Crippen LogP contribution in [0.15, 0.2) is 34.9 Å². The lowest BCUT2D eigenvalue weighted by Crippen LogP contribution is -2.06. The van der Waals surface area contributed by atoms with Gasteiger partial charge in [0.25, 0.3) is 0 Å². The van der Waals surface area contributed by atoms with E-state index < -0.39 is 0 Å². The van der Waals surface area contributed by atoms with E-state index >= 15 is 0 Å². The molecule has 0 saturated carbocycles. The molecule has 2 aromatic heterocycles. The van der Waals surface area contributed by atoms with Crippen LogP contribution in [0.1, 0.15) is 11.4 Å². The fourth-order valence-electron chi connectivity index (χ4n) is 2.44. The monoisotopic (exact) mass is 318 g/mol. The molecule has 5 heteroatoms. The number of nitrogen functional groups attached to an aromatic ring is 1. The van der Waals surface area contributed by atoms with Gasteiger partial charge in [-0.05, 0) is 35.0 Å². The smallest absolute Gasteiger partial charge is 0.0739 e. The fourth-order valence-corrected chi connectivity index (χ4v) is 2.90. The maximum atomic E-state index is 6.08. The van der Waals surface area contributed by atoms with Gasteiger partial charge in [0.1, 0.15) is 0 Å². The van der Waals surface area contributed by atoms with E-state index in [-0.39, 0.29) is 0 Å². The first-order chi connectivity index (χ1) is 9.08. The summed E-state index contributed by atoms with van der Waals surface area (Å²) < 4.78 is 5.13. The van der Waals surface area contributed by atoms with Gasteiger partial charge in [0.05, 0.1) is 33.6 Å². The van der Waals surface area contributed by atoms with Crippen molar-refractivity contribution in [3.8, 4) is 0 Å². The number of rotatable bonds is 2. The fraction of sp³-hybridized carbons (Fsp3) is 0.214. The first kappa shape index (κ1) is 12.3. The average Bonchev–Trinajstić information content (AvgIpc) is 2.88. The summed E-state index contributed by atoms with van der Waals surface area (Å²) in [5, 5.41) is 5.58. The summed E-state index contributed by atoms with van der Waals surface area (Å²) >= 11 is 3.60. The molecule has 2 heterocycles. The molecule has 0 atom stereocenters. The van der Waals surface area contributed by atoms with Crippen LogP contribution in [-0.4, -0.2) is 14.3 Å². The zero-order valence-corrected chi connectivity index (χ0v) is 12.5. The average molecular weight is 319 g/mol. The van der Waals surface area contributed by atoms with Crippen molar-refractivity contribution < 1.29 is 0 Å². The van der Waals surface area contributed by atoms with Crippen molar-refractivity contribution in [1.82, 2.24) is 14.3 Å². The van der Waals surface area contributed by atoms with Crippen LogP contribution in [-0.2, 0) is 13.6 Å². The lowest BCUT2D eigenvalue weighted by molar-refractivity contribution is 0.672. The molecule has 0 spiro atoms. The number of nitrogens with two attached hydrogens (primary N) is 1. The van der Waals surface area contributed by atoms with E-state index in [9.17, 15) is 0 Å². The van der Waals surface area contributed by atoms with Crippen LogP contribution in [0.4, 0.5) is 5.69 Å². The Hall–Kier alpha value is -1.75. The lowest BCUT2D eigenvalue weighted by Gasteiger charge is -2.08. The molecule has 0 aliphatic carbocycles. The Morgan fingerprint density at radius 1 is 1.32 bits per heavy atom. The molecule has 0 radical (unpaired) electrons. The van der Waals surface area contributed by atoms with Crippen molar-refractivity contribution in [2.45, 2.75) is 13.5 Å². The molecular weight excluding hydrogens is 304 g/mol. The van der Waals surface area contributed by atoms with Crippen molar-refractivity contribution >= 4 is 32.5 Å². The summed E-state index contributed by atoms with van der Waals surface area (Å²) in [7, 11) is 1.96. The van der Waals surface area contributed by atoms with E-state index in [0.29, 0.717) is 0 Å².